The Morgan fingerprint density at radius 1 is 1.28 bits per heavy atom. The summed E-state index contributed by atoms with van der Waals surface area (Å²) < 4.78 is 36.9. The van der Waals surface area contributed by atoms with E-state index in [9.17, 15) is 8.42 Å². The number of aryl methyl sites for hydroxylation is 2. The molecular weight excluding hydrogens is 408 g/mol. The number of hydrogen-bond donors (Lipinski definition) is 0. The zero-order valence-corrected chi connectivity index (χ0v) is 16.4. The summed E-state index contributed by atoms with van der Waals surface area (Å²) in [4.78, 5) is 6.42. The molecule has 1 aromatic carbocycles. The van der Waals surface area contributed by atoms with E-state index < -0.39 is 16.4 Å². The highest BCUT2D eigenvalue weighted by atomic mass is 79.9. The van der Waals surface area contributed by atoms with Gasteiger partial charge in [0, 0.05) is 17.2 Å². The first-order chi connectivity index (χ1) is 11.8. The molecule has 0 N–H and O–H groups in total. The van der Waals surface area contributed by atoms with E-state index >= 15 is 0 Å². The molecule has 1 saturated heterocycles. The van der Waals surface area contributed by atoms with Gasteiger partial charge in [0.1, 0.15) is 5.82 Å². The van der Waals surface area contributed by atoms with Crippen LogP contribution >= 0.6 is 15.9 Å². The maximum absolute atomic E-state index is 12.6. The molecule has 1 aromatic heterocycles. The van der Waals surface area contributed by atoms with Crippen LogP contribution in [0.25, 0.3) is 0 Å². The normalized spacial score (nSPS) is 18.4. The second kappa shape index (κ2) is 7.41. The lowest BCUT2D eigenvalue weighted by molar-refractivity contribution is -0.0828. The van der Waals surface area contributed by atoms with E-state index in [2.05, 4.69) is 20.9 Å². The molecule has 1 aliphatic rings. The Balaban J connectivity index is 1.76. The zero-order valence-electron chi connectivity index (χ0n) is 14.0. The van der Waals surface area contributed by atoms with Gasteiger partial charge in [0.2, 0.25) is 0 Å². The van der Waals surface area contributed by atoms with Crippen LogP contribution in [-0.2, 0) is 19.0 Å². The summed E-state index contributed by atoms with van der Waals surface area (Å²) in [5.41, 5.74) is 1.65. The van der Waals surface area contributed by atoms with E-state index in [1.165, 1.54) is 0 Å². The van der Waals surface area contributed by atoms with Gasteiger partial charge in [-0.3, -0.25) is 0 Å². The van der Waals surface area contributed by atoms with Crippen molar-refractivity contribution in [3.05, 3.63) is 52.1 Å². The Hall–Kier alpha value is -1.48. The second-order valence-corrected chi connectivity index (χ2v) is 8.35. The van der Waals surface area contributed by atoms with Crippen LogP contribution in [0.1, 0.15) is 11.1 Å². The summed E-state index contributed by atoms with van der Waals surface area (Å²) in [5.74, 6) is 0.746. The maximum atomic E-state index is 12.6. The Kier molecular flexibility index (Phi) is 5.43. The molecule has 3 rings (SSSR count). The molecule has 0 unspecified atom stereocenters. The molecule has 0 amide bonds. The fourth-order valence-corrected chi connectivity index (χ4v) is 4.24. The molecule has 1 fully saturated rings. The number of morpholine rings is 1. The van der Waals surface area contributed by atoms with Gasteiger partial charge in [-0.2, -0.15) is 8.42 Å². The van der Waals surface area contributed by atoms with E-state index in [1.54, 1.807) is 25.3 Å². The molecule has 134 valence electrons. The van der Waals surface area contributed by atoms with Gasteiger partial charge in [0.25, 0.3) is 10.1 Å². The first-order valence-corrected chi connectivity index (χ1v) is 10.0. The molecule has 1 atom stereocenters. The third-order valence-electron chi connectivity index (χ3n) is 3.90. The third kappa shape index (κ3) is 4.38. The Labute approximate surface area is 156 Å². The molecule has 1 aliphatic heterocycles. The van der Waals surface area contributed by atoms with E-state index in [-0.39, 0.29) is 11.4 Å². The highest BCUT2D eigenvalue weighted by Gasteiger charge is 2.29. The largest absolute Gasteiger partial charge is 0.349 e. The highest BCUT2D eigenvalue weighted by molar-refractivity contribution is 9.10. The van der Waals surface area contributed by atoms with Gasteiger partial charge < -0.3 is 9.64 Å². The lowest BCUT2D eigenvalue weighted by Gasteiger charge is -2.33. The molecule has 25 heavy (non-hydrogen) atoms. The predicted octanol–water partition coefficient (Wildman–Crippen LogP) is 3.03. The van der Waals surface area contributed by atoms with Crippen LogP contribution in [0.5, 0.6) is 0 Å². The molecule has 0 bridgehead atoms. The van der Waals surface area contributed by atoms with Crippen LogP contribution in [0.2, 0.25) is 0 Å². The first kappa shape index (κ1) is 18.3. The summed E-state index contributed by atoms with van der Waals surface area (Å²) in [5, 5.41) is 0. The van der Waals surface area contributed by atoms with Crippen molar-refractivity contribution in [2.24, 2.45) is 0 Å². The molecule has 0 radical (unpaired) electrons. The number of halogens is 1. The lowest BCUT2D eigenvalue weighted by Crippen LogP contribution is -2.44. The number of rotatable bonds is 4. The topological polar surface area (TPSA) is 68.7 Å². The van der Waals surface area contributed by atoms with Gasteiger partial charge in [0.15, 0.2) is 6.29 Å². The van der Waals surface area contributed by atoms with Crippen molar-refractivity contribution in [2.75, 3.05) is 24.6 Å². The average molecular weight is 427 g/mol. The number of hydrogen-bond acceptors (Lipinski definition) is 6. The van der Waals surface area contributed by atoms with Gasteiger partial charge in [-0.15, -0.1) is 0 Å². The minimum Gasteiger partial charge on any atom is -0.349 e. The fraction of sp³-hybridized carbons (Fsp3) is 0.353. The highest BCUT2D eigenvalue weighted by Crippen LogP contribution is 2.24. The van der Waals surface area contributed by atoms with Crippen LogP contribution in [0, 0.1) is 13.8 Å². The van der Waals surface area contributed by atoms with Crippen LogP contribution in [0.3, 0.4) is 0 Å². The number of nitrogens with zero attached hydrogens (tertiary/aromatic N) is 2. The van der Waals surface area contributed by atoms with Crippen LogP contribution in [0.4, 0.5) is 5.82 Å². The van der Waals surface area contributed by atoms with Crippen molar-refractivity contribution in [1.82, 2.24) is 4.98 Å². The molecular formula is C17H19BrN2O4S. The molecule has 2 aromatic rings. The Morgan fingerprint density at radius 3 is 2.80 bits per heavy atom. The second-order valence-electron chi connectivity index (χ2n) is 5.90. The van der Waals surface area contributed by atoms with E-state index in [1.807, 2.05) is 30.0 Å². The minimum absolute atomic E-state index is 0.166. The zero-order chi connectivity index (χ0) is 18.0. The monoisotopic (exact) mass is 426 g/mol. The number of ether oxygens (including phenoxy) is 1. The van der Waals surface area contributed by atoms with Crippen molar-refractivity contribution in [2.45, 2.75) is 25.0 Å². The number of anilines is 1. The van der Waals surface area contributed by atoms with Crippen LogP contribution in [-0.4, -0.2) is 39.4 Å². The van der Waals surface area contributed by atoms with Gasteiger partial charge in [-0.25, -0.2) is 9.17 Å². The van der Waals surface area contributed by atoms with Crippen molar-refractivity contribution in [1.29, 1.82) is 0 Å². The van der Waals surface area contributed by atoms with E-state index in [4.69, 9.17) is 8.92 Å². The number of aromatic nitrogens is 1. The molecule has 0 aliphatic carbocycles. The Bertz CT molecular complexity index is 873. The SMILES string of the molecule is Cc1ccc(S(=O)(=O)O[C@@H]2CN(c3cc(Br)ccn3)CCO2)c(C)c1. The first-order valence-electron chi connectivity index (χ1n) is 7.84. The number of pyridine rings is 1. The Morgan fingerprint density at radius 2 is 2.08 bits per heavy atom. The summed E-state index contributed by atoms with van der Waals surface area (Å²) in [7, 11) is -3.90. The van der Waals surface area contributed by atoms with Gasteiger partial charge in [0.05, 0.1) is 18.0 Å². The molecule has 8 heteroatoms. The van der Waals surface area contributed by atoms with Crippen molar-refractivity contribution < 1.29 is 17.3 Å². The van der Waals surface area contributed by atoms with Gasteiger partial charge >= 0.3 is 0 Å². The smallest absolute Gasteiger partial charge is 0.299 e. The minimum atomic E-state index is -3.90. The quantitative estimate of drug-likeness (QED) is 0.699. The molecule has 6 nitrogen and oxygen atoms in total. The predicted molar refractivity (Wildman–Crippen MR) is 98.1 cm³/mol. The summed E-state index contributed by atoms with van der Waals surface area (Å²) in [6, 6.07) is 8.85. The molecule has 2 heterocycles. The van der Waals surface area contributed by atoms with Gasteiger partial charge in [-0.05, 0) is 37.6 Å². The number of benzene rings is 1. The average Bonchev–Trinajstić information content (AvgIpc) is 2.54. The summed E-state index contributed by atoms with van der Waals surface area (Å²) in [6.07, 6.45) is 0.817. The van der Waals surface area contributed by atoms with E-state index in [0.717, 1.165) is 15.9 Å². The van der Waals surface area contributed by atoms with Crippen molar-refractivity contribution >= 4 is 31.9 Å². The summed E-state index contributed by atoms with van der Waals surface area (Å²) in [6.45, 7) is 4.93. The lowest BCUT2D eigenvalue weighted by atomic mass is 10.2. The van der Waals surface area contributed by atoms with Gasteiger partial charge in [-0.1, -0.05) is 33.6 Å². The fourth-order valence-electron chi connectivity index (χ4n) is 2.72. The molecule has 0 spiro atoms. The van der Waals surface area contributed by atoms with E-state index in [0.29, 0.717) is 18.7 Å². The van der Waals surface area contributed by atoms with Crippen LogP contribution < -0.4 is 4.90 Å². The third-order valence-corrected chi connectivity index (χ3v) is 5.86. The summed E-state index contributed by atoms with van der Waals surface area (Å²) >= 11 is 3.41. The maximum Gasteiger partial charge on any atom is 0.299 e. The molecule has 0 saturated carbocycles. The van der Waals surface area contributed by atoms with Crippen molar-refractivity contribution in [3.63, 3.8) is 0 Å². The standard InChI is InChI=1S/C17H19BrN2O4S/c1-12-3-4-15(13(2)9-12)25(21,22)24-17-11-20(7-8-23-17)16-10-14(18)5-6-19-16/h3-6,9-10,17H,7-8,11H2,1-2H3/t17-/m1/s1. The van der Waals surface area contributed by atoms with Crippen molar-refractivity contribution in [3.8, 4) is 0 Å². The van der Waals surface area contributed by atoms with Crippen LogP contribution in [0.15, 0.2) is 45.9 Å².